The number of anilines is 1. The molecule has 0 unspecified atom stereocenters. The highest BCUT2D eigenvalue weighted by Gasteiger charge is 2.26. The van der Waals surface area contributed by atoms with Crippen molar-refractivity contribution in [2.45, 2.75) is 45.2 Å². The summed E-state index contributed by atoms with van der Waals surface area (Å²) in [5, 5.41) is 5.86. The Labute approximate surface area is 178 Å². The monoisotopic (exact) mass is 429 g/mol. The molecule has 2 amide bonds. The van der Waals surface area contributed by atoms with Crippen molar-refractivity contribution in [2.24, 2.45) is 5.73 Å². The molecule has 0 radical (unpaired) electrons. The summed E-state index contributed by atoms with van der Waals surface area (Å²) in [6.07, 6.45) is 7.00. The Balaban J connectivity index is 0.00000364. The van der Waals surface area contributed by atoms with Gasteiger partial charge in [0.1, 0.15) is 0 Å². The maximum absolute atomic E-state index is 12.6. The lowest BCUT2D eigenvalue weighted by atomic mass is 9.92. The van der Waals surface area contributed by atoms with Gasteiger partial charge in [0, 0.05) is 43.2 Å². The van der Waals surface area contributed by atoms with Gasteiger partial charge >= 0.3 is 0 Å². The van der Waals surface area contributed by atoms with Crippen molar-refractivity contribution in [3.05, 3.63) is 48.5 Å². The smallest absolute Gasteiger partial charge is 0.251 e. The molecule has 1 aromatic heterocycles. The average molecular weight is 430 g/mol. The topological polar surface area (TPSA) is 102 Å². The van der Waals surface area contributed by atoms with E-state index in [1.54, 1.807) is 36.8 Å². The number of rotatable bonds is 9. The molecular weight excluding hydrogens is 401 g/mol. The summed E-state index contributed by atoms with van der Waals surface area (Å²) in [7, 11) is 0. The Kier molecular flexibility index (Phi) is 11.5. The fourth-order valence-electron chi connectivity index (χ4n) is 2.69. The summed E-state index contributed by atoms with van der Waals surface area (Å²) in [4.78, 5) is 28.6. The first-order chi connectivity index (χ1) is 12.5. The Morgan fingerprint density at radius 3 is 2.50 bits per heavy atom. The number of aromatic nitrogens is 2. The molecule has 0 aliphatic heterocycles. The summed E-state index contributed by atoms with van der Waals surface area (Å²) in [6.45, 7) is 4.95. The molecule has 0 aliphatic carbocycles. The number of carbonyl (C=O) groups excluding carboxylic acids is 2. The van der Waals surface area contributed by atoms with Gasteiger partial charge in [0.05, 0.1) is 11.9 Å². The molecule has 0 fully saturated rings. The second-order valence-electron chi connectivity index (χ2n) is 6.33. The van der Waals surface area contributed by atoms with Gasteiger partial charge in [-0.25, -0.2) is 4.98 Å². The number of imidazole rings is 1. The molecule has 9 heteroatoms. The minimum absolute atomic E-state index is 0. The number of aryl methyl sites for hydroxylation is 1. The third-order valence-corrected chi connectivity index (χ3v) is 4.69. The first-order valence-electron chi connectivity index (χ1n) is 8.90. The number of carbonyl (C=O) groups is 2. The molecule has 0 saturated carbocycles. The molecule has 156 valence electrons. The van der Waals surface area contributed by atoms with Crippen LogP contribution in [0.15, 0.2) is 43.0 Å². The van der Waals surface area contributed by atoms with E-state index in [-0.39, 0.29) is 36.6 Å². The fraction of sp³-hybridized carbons (Fsp3) is 0.421. The highest BCUT2D eigenvalue weighted by atomic mass is 35.5. The molecule has 0 saturated heterocycles. The average Bonchev–Trinajstić information content (AvgIpc) is 3.18. The maximum Gasteiger partial charge on any atom is 0.251 e. The van der Waals surface area contributed by atoms with Crippen molar-refractivity contribution in [3.63, 3.8) is 0 Å². The van der Waals surface area contributed by atoms with Crippen molar-refractivity contribution >= 4 is 42.3 Å². The Morgan fingerprint density at radius 1 is 1.21 bits per heavy atom. The molecule has 1 aromatic carbocycles. The van der Waals surface area contributed by atoms with Crippen LogP contribution >= 0.6 is 24.8 Å². The lowest BCUT2D eigenvalue weighted by Crippen LogP contribution is -2.52. The molecule has 4 N–H and O–H groups in total. The minimum Gasteiger partial charge on any atom is -0.345 e. The largest absolute Gasteiger partial charge is 0.345 e. The van der Waals surface area contributed by atoms with Crippen LogP contribution in [0.3, 0.4) is 0 Å². The summed E-state index contributed by atoms with van der Waals surface area (Å²) < 4.78 is 1.84. The van der Waals surface area contributed by atoms with Crippen LogP contribution in [0.1, 0.15) is 43.5 Å². The van der Waals surface area contributed by atoms with Crippen LogP contribution in [0.2, 0.25) is 0 Å². The third kappa shape index (κ3) is 7.14. The lowest BCUT2D eigenvalue weighted by molar-refractivity contribution is -0.116. The zero-order valence-electron chi connectivity index (χ0n) is 16.2. The van der Waals surface area contributed by atoms with E-state index in [1.807, 2.05) is 24.6 Å². The minimum atomic E-state index is -0.402. The highest BCUT2D eigenvalue weighted by molar-refractivity contribution is 5.97. The molecule has 0 bridgehead atoms. The fourth-order valence-corrected chi connectivity index (χ4v) is 2.69. The number of amides is 2. The molecule has 28 heavy (non-hydrogen) atoms. The van der Waals surface area contributed by atoms with E-state index >= 15 is 0 Å². The van der Waals surface area contributed by atoms with Crippen LogP contribution < -0.4 is 16.4 Å². The first-order valence-corrected chi connectivity index (χ1v) is 8.90. The van der Waals surface area contributed by atoms with E-state index in [0.29, 0.717) is 30.8 Å². The van der Waals surface area contributed by atoms with Gasteiger partial charge in [0.25, 0.3) is 5.91 Å². The van der Waals surface area contributed by atoms with Crippen molar-refractivity contribution in [2.75, 3.05) is 11.9 Å². The van der Waals surface area contributed by atoms with Gasteiger partial charge in [-0.1, -0.05) is 19.9 Å². The maximum atomic E-state index is 12.6. The van der Waals surface area contributed by atoms with Crippen LogP contribution in [0.5, 0.6) is 0 Å². The highest BCUT2D eigenvalue weighted by Crippen LogP contribution is 2.16. The lowest BCUT2D eigenvalue weighted by Gasteiger charge is -2.31. The van der Waals surface area contributed by atoms with Crippen LogP contribution in [0.25, 0.3) is 0 Å². The number of nitrogens with zero attached hydrogens (tertiary/aromatic N) is 2. The van der Waals surface area contributed by atoms with Gasteiger partial charge in [0.2, 0.25) is 5.91 Å². The van der Waals surface area contributed by atoms with Crippen molar-refractivity contribution < 1.29 is 9.59 Å². The van der Waals surface area contributed by atoms with E-state index < -0.39 is 5.54 Å². The van der Waals surface area contributed by atoms with Gasteiger partial charge in [-0.15, -0.1) is 24.8 Å². The van der Waals surface area contributed by atoms with Gasteiger partial charge < -0.3 is 20.9 Å². The van der Waals surface area contributed by atoms with E-state index in [1.165, 1.54) is 0 Å². The Morgan fingerprint density at radius 2 is 1.93 bits per heavy atom. The van der Waals surface area contributed by atoms with Crippen molar-refractivity contribution in [1.29, 1.82) is 0 Å². The van der Waals surface area contributed by atoms with Crippen LogP contribution in [0, 0.1) is 0 Å². The molecule has 2 aromatic rings. The molecule has 1 heterocycles. The molecule has 0 spiro atoms. The normalized spacial score (nSPS) is 10.4. The summed E-state index contributed by atoms with van der Waals surface area (Å²) in [6, 6.07) is 6.92. The third-order valence-electron chi connectivity index (χ3n) is 4.69. The van der Waals surface area contributed by atoms with Crippen LogP contribution in [0.4, 0.5) is 5.69 Å². The Bertz CT molecular complexity index is 725. The number of benzene rings is 1. The van der Waals surface area contributed by atoms with Crippen molar-refractivity contribution in [1.82, 2.24) is 14.9 Å². The molecular formula is C19H29Cl2N5O2. The second kappa shape index (κ2) is 12.4. The Hall–Kier alpha value is -2.09. The molecule has 2 rings (SSSR count). The molecule has 0 atom stereocenters. The number of hydrogen-bond donors (Lipinski definition) is 3. The quantitative estimate of drug-likeness (QED) is 0.569. The number of halogens is 2. The first kappa shape index (κ1) is 25.9. The summed E-state index contributed by atoms with van der Waals surface area (Å²) in [5.74, 6) is -0.302. The van der Waals surface area contributed by atoms with E-state index in [4.69, 9.17) is 5.73 Å². The van der Waals surface area contributed by atoms with E-state index in [2.05, 4.69) is 15.6 Å². The number of hydrogen-bond acceptors (Lipinski definition) is 4. The van der Waals surface area contributed by atoms with Crippen molar-refractivity contribution in [3.8, 4) is 0 Å². The van der Waals surface area contributed by atoms with Crippen LogP contribution in [-0.4, -0.2) is 33.4 Å². The predicted octanol–water partition coefficient (Wildman–Crippen LogP) is 3.00. The van der Waals surface area contributed by atoms with Gasteiger partial charge in [-0.05, 0) is 31.0 Å². The predicted molar refractivity (Wildman–Crippen MR) is 116 cm³/mol. The summed E-state index contributed by atoms with van der Waals surface area (Å²) >= 11 is 0. The SMILES string of the molecule is CCC(CC)(CN)NC(=O)c1cccc(NC(=O)CCn2ccnc2)c1.Cl.Cl. The van der Waals surface area contributed by atoms with E-state index in [0.717, 1.165) is 12.8 Å². The zero-order valence-corrected chi connectivity index (χ0v) is 17.8. The van der Waals surface area contributed by atoms with Gasteiger partial charge in [-0.3, -0.25) is 9.59 Å². The number of nitrogens with one attached hydrogen (secondary N) is 2. The molecule has 0 aliphatic rings. The molecule has 7 nitrogen and oxygen atoms in total. The summed E-state index contributed by atoms with van der Waals surface area (Å²) in [5.41, 5.74) is 6.54. The van der Waals surface area contributed by atoms with E-state index in [9.17, 15) is 9.59 Å². The second-order valence-corrected chi connectivity index (χ2v) is 6.33. The van der Waals surface area contributed by atoms with Gasteiger partial charge in [-0.2, -0.15) is 0 Å². The number of nitrogens with two attached hydrogens (primary N) is 1. The zero-order chi connectivity index (χ0) is 19.0. The van der Waals surface area contributed by atoms with Crippen LogP contribution in [-0.2, 0) is 11.3 Å². The van der Waals surface area contributed by atoms with Gasteiger partial charge in [0.15, 0.2) is 0 Å². The standard InChI is InChI=1S/C19H27N5O2.2ClH/c1-3-19(4-2,13-20)23-18(26)15-6-5-7-16(12-15)22-17(25)8-10-24-11-9-21-14-24;;/h5-7,9,11-12,14H,3-4,8,10,13,20H2,1-2H3,(H,22,25)(H,23,26);2*1H.